The number of hydrogen-bond acceptors (Lipinski definition) is 16. The molecule has 2 saturated carbocycles. The summed E-state index contributed by atoms with van der Waals surface area (Å²) in [4.78, 5) is 61.5. The number of aryl methyl sites for hydroxylation is 2. The molecule has 4 unspecified atom stereocenters. The van der Waals surface area contributed by atoms with E-state index < -0.39 is 72.3 Å². The van der Waals surface area contributed by atoms with Crippen LogP contribution in [0.15, 0.2) is 97.8 Å². The Kier molecular flexibility index (Phi) is 22.7. The molecule has 4 aliphatic heterocycles. The first-order chi connectivity index (χ1) is 50.2. The van der Waals surface area contributed by atoms with Crippen molar-refractivity contribution in [3.05, 3.63) is 143 Å². The molecule has 22 nitrogen and oxygen atoms in total. The SMILES string of the molecule is CCc1cc(Nc2nccn3c(-c4ccc(OC(F)F)c(F)c4F)cnc23)ccc1C(=O)NCC1C2C[N+](C)(CC3CNC3)CC12.CCc1cc(Nc2nccn3c(-c4ccc(OC(F)F)c(F)c4F)cnc23)ccc1C(=O)NCC1C2C[N+](C)(CC3CNC3)CC12.O=C([O-])C(F)(F)F.O=C([O-])C(F)(F)F. The molecule has 0 bridgehead atoms. The number of halogens is 14. The van der Waals surface area contributed by atoms with Crippen molar-refractivity contribution < 1.29 is 109 Å². The number of aromatic nitrogens is 6. The molecule has 4 atom stereocenters. The predicted molar refractivity (Wildman–Crippen MR) is 350 cm³/mol. The molecule has 36 heteroatoms. The molecule has 106 heavy (non-hydrogen) atoms. The number of carboxylic acid groups (broad SMARTS) is 2. The lowest BCUT2D eigenvalue weighted by Gasteiger charge is -2.39. The van der Waals surface area contributed by atoms with Crippen LogP contribution in [0, 0.1) is 70.6 Å². The standard InChI is InChI=1S/2C33H35F4N7O2.2C2HF3O2/c2*1-3-19-10-20(4-5-21(19)32(45)41-13-23-24-16-44(2,17-25(23)24)15-18-11-38-12-18)42-30-31-40-14-26(43(31)9-8-39-30)22-6-7-27(46-33(36)37)29(35)28(22)34;2*3-2(4,5)1(6)7/h2*4-10,14,18,23-25,33,38H,3,11-13,15-17H2,1-2H3,(H-,39,41,42,45);2*(H,6,7). The van der Waals surface area contributed by atoms with Crippen molar-refractivity contribution >= 4 is 58.1 Å². The van der Waals surface area contributed by atoms with Gasteiger partial charge in [-0.2, -0.15) is 52.7 Å². The zero-order valence-electron chi connectivity index (χ0n) is 57.0. The first-order valence-electron chi connectivity index (χ1n) is 33.7. The molecular formula is C70H72F14N14O8. The molecule has 6 N–H and O–H groups in total. The van der Waals surface area contributed by atoms with Gasteiger partial charge in [-0.25, -0.2) is 28.7 Å². The highest BCUT2D eigenvalue weighted by Gasteiger charge is 2.63. The van der Waals surface area contributed by atoms with Crippen LogP contribution in [0.3, 0.4) is 0 Å². The second-order valence-corrected chi connectivity index (χ2v) is 27.5. The Hall–Kier alpha value is -9.94. The van der Waals surface area contributed by atoms with Gasteiger partial charge in [0.05, 0.1) is 77.1 Å². The molecule has 6 aliphatic rings. The zero-order valence-corrected chi connectivity index (χ0v) is 57.0. The van der Waals surface area contributed by atoms with Crippen molar-refractivity contribution in [1.82, 2.24) is 50.0 Å². The molecule has 8 heterocycles. The van der Waals surface area contributed by atoms with Crippen LogP contribution in [0.2, 0.25) is 0 Å². The molecule has 0 radical (unpaired) electrons. The van der Waals surface area contributed by atoms with E-state index in [1.165, 1.54) is 85.3 Å². The number of anilines is 4. The van der Waals surface area contributed by atoms with Gasteiger partial charge in [-0.1, -0.05) is 13.8 Å². The Morgan fingerprint density at radius 2 is 0.896 bits per heavy atom. The van der Waals surface area contributed by atoms with Crippen LogP contribution in [0.1, 0.15) is 45.7 Å². The number of fused-ring (bicyclic) bond motifs is 4. The van der Waals surface area contributed by atoms with Gasteiger partial charge in [0.15, 0.2) is 46.1 Å². The van der Waals surface area contributed by atoms with E-state index in [-0.39, 0.29) is 34.3 Å². The number of nitrogens with zero attached hydrogens (tertiary/aromatic N) is 8. The van der Waals surface area contributed by atoms with Crippen LogP contribution in [0.25, 0.3) is 33.8 Å². The van der Waals surface area contributed by atoms with Gasteiger partial charge in [0.2, 0.25) is 11.6 Å². The average Bonchev–Trinajstić information content (AvgIpc) is 1.57. The number of likely N-dealkylation sites (tertiary alicyclic amines) is 2. The van der Waals surface area contributed by atoms with Crippen LogP contribution >= 0.6 is 0 Å². The minimum Gasteiger partial charge on any atom is -0.542 e. The van der Waals surface area contributed by atoms with E-state index >= 15 is 0 Å². The summed E-state index contributed by atoms with van der Waals surface area (Å²) in [6, 6.07) is 15.2. The summed E-state index contributed by atoms with van der Waals surface area (Å²) >= 11 is 0. The molecule has 8 aromatic rings. The zero-order chi connectivity index (χ0) is 76.5. The van der Waals surface area contributed by atoms with Gasteiger partial charge in [-0.15, -0.1) is 0 Å². The Labute approximate surface area is 595 Å². The molecule has 4 aromatic heterocycles. The van der Waals surface area contributed by atoms with Crippen molar-refractivity contribution in [3.8, 4) is 34.0 Å². The summed E-state index contributed by atoms with van der Waals surface area (Å²) < 4.78 is 185. The lowest BCUT2D eigenvalue weighted by molar-refractivity contribution is -0.906. The molecule has 2 amide bonds. The molecular weight excluding hydrogens is 1430 g/mol. The predicted octanol–water partition coefficient (Wildman–Crippen LogP) is 8.30. The van der Waals surface area contributed by atoms with E-state index in [1.54, 1.807) is 24.3 Å². The third-order valence-electron chi connectivity index (χ3n) is 20.1. The van der Waals surface area contributed by atoms with Crippen molar-refractivity contribution in [1.29, 1.82) is 0 Å². The molecule has 4 saturated heterocycles. The second-order valence-electron chi connectivity index (χ2n) is 27.5. The monoisotopic (exact) mass is 1500 g/mol. The van der Waals surface area contributed by atoms with Crippen molar-refractivity contribution in [3.63, 3.8) is 0 Å². The van der Waals surface area contributed by atoms with Crippen molar-refractivity contribution in [2.75, 3.05) is 103 Å². The van der Waals surface area contributed by atoms with E-state index in [0.29, 0.717) is 107 Å². The maximum absolute atomic E-state index is 14.9. The number of imidazole rings is 2. The number of benzene rings is 4. The number of nitrogens with one attached hydrogen (secondary N) is 6. The summed E-state index contributed by atoms with van der Waals surface area (Å²) in [7, 11) is 4.75. The number of quaternary nitrogens is 2. The number of alkyl halides is 10. The number of amides is 2. The van der Waals surface area contributed by atoms with E-state index in [2.05, 4.69) is 75.4 Å². The van der Waals surface area contributed by atoms with Gasteiger partial charge in [-0.05, 0) is 96.5 Å². The van der Waals surface area contributed by atoms with Crippen molar-refractivity contribution in [2.24, 2.45) is 47.3 Å². The van der Waals surface area contributed by atoms with Gasteiger partial charge in [0.1, 0.15) is 11.9 Å². The second kappa shape index (κ2) is 31.2. The largest absolute Gasteiger partial charge is 0.542 e. The van der Waals surface area contributed by atoms with Crippen LogP contribution < -0.4 is 51.6 Å². The van der Waals surface area contributed by atoms with Crippen LogP contribution in [0.4, 0.5) is 84.5 Å². The number of hydrogen-bond donors (Lipinski definition) is 6. The van der Waals surface area contributed by atoms with Crippen LogP contribution in [-0.2, 0) is 22.4 Å². The number of piperidine rings is 2. The van der Waals surface area contributed by atoms with Gasteiger partial charge < -0.3 is 70.1 Å². The van der Waals surface area contributed by atoms with Crippen LogP contribution in [-0.4, -0.2) is 180 Å². The number of ether oxygens (including phenoxy) is 2. The summed E-state index contributed by atoms with van der Waals surface area (Å²) in [5.74, 6) is -7.45. The lowest BCUT2D eigenvalue weighted by atomic mass is 10.0. The summed E-state index contributed by atoms with van der Waals surface area (Å²) in [5, 5.41) is 37.1. The van der Waals surface area contributed by atoms with Crippen molar-refractivity contribution in [2.45, 2.75) is 52.3 Å². The van der Waals surface area contributed by atoms with Gasteiger partial charge in [-0.3, -0.25) is 18.4 Å². The minimum absolute atomic E-state index is 0.0801. The third kappa shape index (κ3) is 17.4. The fraction of sp³-hybridized carbons (Fsp3) is 0.429. The number of carbonyl (C=O) groups is 4. The van der Waals surface area contributed by atoms with E-state index in [9.17, 15) is 71.1 Å². The lowest BCUT2D eigenvalue weighted by Crippen LogP contribution is -2.55. The topological polar surface area (TPSA) is 265 Å². The number of carbonyl (C=O) groups excluding carboxylic acids is 4. The Bertz CT molecular complexity index is 4270. The fourth-order valence-corrected chi connectivity index (χ4v) is 14.9. The number of carboxylic acids is 2. The highest BCUT2D eigenvalue weighted by Crippen LogP contribution is 2.55. The van der Waals surface area contributed by atoms with Gasteiger partial charge in [0, 0.05) is 133 Å². The summed E-state index contributed by atoms with van der Waals surface area (Å²) in [5.41, 5.74) is 5.06. The fourth-order valence-electron chi connectivity index (χ4n) is 14.9. The molecule has 14 rings (SSSR count). The van der Waals surface area contributed by atoms with E-state index in [4.69, 9.17) is 19.8 Å². The smallest absolute Gasteiger partial charge is 0.430 e. The molecule has 2 aliphatic carbocycles. The Balaban J connectivity index is 0.000000179. The van der Waals surface area contributed by atoms with Gasteiger partial charge in [0.25, 0.3) is 11.8 Å². The Morgan fingerprint density at radius 1 is 0.547 bits per heavy atom. The quantitative estimate of drug-likeness (QED) is 0.0275. The van der Waals surface area contributed by atoms with E-state index in [1.807, 2.05) is 26.0 Å². The maximum atomic E-state index is 14.9. The number of aliphatic carboxylic acids is 2. The summed E-state index contributed by atoms with van der Waals surface area (Å²) in [6.45, 7) is 10.7. The van der Waals surface area contributed by atoms with Crippen LogP contribution in [0.5, 0.6) is 11.5 Å². The normalized spacial score (nSPS) is 22.1. The third-order valence-corrected chi connectivity index (χ3v) is 20.1. The maximum Gasteiger partial charge on any atom is 0.430 e. The first-order valence-corrected chi connectivity index (χ1v) is 33.7. The molecule has 0 spiro atoms. The molecule has 568 valence electrons. The average molecular weight is 1500 g/mol. The molecule has 4 aromatic carbocycles. The number of rotatable bonds is 22. The minimum atomic E-state index is -5.19. The first kappa shape index (κ1) is 77.2. The Morgan fingerprint density at radius 3 is 1.20 bits per heavy atom. The van der Waals surface area contributed by atoms with E-state index in [0.717, 1.165) is 82.4 Å². The highest BCUT2D eigenvalue weighted by molar-refractivity contribution is 5.97. The van der Waals surface area contributed by atoms with Gasteiger partial charge >= 0.3 is 25.6 Å². The molecule has 6 fully saturated rings. The summed E-state index contributed by atoms with van der Waals surface area (Å²) in [6.07, 6.45) is -0.395. The highest BCUT2D eigenvalue weighted by atomic mass is 19.4.